The normalized spacial score (nSPS) is 10.7. The highest BCUT2D eigenvalue weighted by Gasteiger charge is 2.00. The number of nitrogens with one attached hydrogen (secondary N) is 1. The van der Waals surface area contributed by atoms with Crippen LogP contribution in [0, 0.1) is 0 Å². The molecular formula is C11H10N4O2S. The predicted molar refractivity (Wildman–Crippen MR) is 71.1 cm³/mol. The van der Waals surface area contributed by atoms with Gasteiger partial charge in [0.05, 0.1) is 11.8 Å². The first-order chi connectivity index (χ1) is 8.65. The fourth-order valence-electron chi connectivity index (χ4n) is 1.21. The van der Waals surface area contributed by atoms with Crippen LogP contribution < -0.4 is 11.2 Å². The number of rotatable bonds is 4. The quantitative estimate of drug-likeness (QED) is 0.577. The summed E-state index contributed by atoms with van der Waals surface area (Å²) in [6, 6.07) is 6.38. The Kier molecular flexibility index (Phi) is 3.54. The molecule has 0 aliphatic rings. The maximum Gasteiger partial charge on any atom is 0.335 e. The Labute approximate surface area is 107 Å². The van der Waals surface area contributed by atoms with Crippen molar-refractivity contribution in [3.8, 4) is 0 Å². The molecule has 0 aliphatic heterocycles. The summed E-state index contributed by atoms with van der Waals surface area (Å²) in [5, 5.41) is 15.0. The third-order valence-electron chi connectivity index (χ3n) is 2.05. The van der Waals surface area contributed by atoms with E-state index in [0.717, 1.165) is 5.56 Å². The van der Waals surface area contributed by atoms with E-state index in [2.05, 4.69) is 15.5 Å². The third-order valence-corrected chi connectivity index (χ3v) is 2.82. The van der Waals surface area contributed by atoms with Crippen LogP contribution in [0.3, 0.4) is 0 Å². The minimum Gasteiger partial charge on any atom is -0.478 e. The van der Waals surface area contributed by atoms with Gasteiger partial charge in [-0.2, -0.15) is 5.10 Å². The van der Waals surface area contributed by atoms with Crippen molar-refractivity contribution in [1.82, 2.24) is 4.98 Å². The highest BCUT2D eigenvalue weighted by molar-refractivity contribution is 7.14. The number of hydrogen-bond acceptors (Lipinski definition) is 6. The Morgan fingerprint density at radius 2 is 2.17 bits per heavy atom. The van der Waals surface area contributed by atoms with E-state index < -0.39 is 5.97 Å². The summed E-state index contributed by atoms with van der Waals surface area (Å²) in [5.41, 5.74) is 9.22. The number of carboxylic acids is 1. The summed E-state index contributed by atoms with van der Waals surface area (Å²) in [5.74, 6) is -0.501. The summed E-state index contributed by atoms with van der Waals surface area (Å²) < 4.78 is 0. The number of hydrogen-bond donors (Lipinski definition) is 3. The molecule has 0 fully saturated rings. The molecule has 4 N–H and O–H groups in total. The van der Waals surface area contributed by atoms with Crippen LogP contribution in [0.15, 0.2) is 34.7 Å². The summed E-state index contributed by atoms with van der Waals surface area (Å²) in [6.45, 7) is 0. The zero-order valence-corrected chi connectivity index (χ0v) is 10.0. The van der Waals surface area contributed by atoms with Crippen molar-refractivity contribution in [3.05, 3.63) is 40.8 Å². The van der Waals surface area contributed by atoms with Crippen LogP contribution >= 0.6 is 11.3 Å². The molecular weight excluding hydrogens is 252 g/mol. The molecule has 18 heavy (non-hydrogen) atoms. The van der Waals surface area contributed by atoms with E-state index in [1.165, 1.54) is 23.5 Å². The van der Waals surface area contributed by atoms with Gasteiger partial charge in [-0.3, -0.25) is 5.43 Å². The van der Waals surface area contributed by atoms with Gasteiger partial charge in [0.2, 0.25) is 5.13 Å². The number of hydrazone groups is 1. The van der Waals surface area contributed by atoms with E-state index in [0.29, 0.717) is 10.9 Å². The van der Waals surface area contributed by atoms with Gasteiger partial charge in [-0.1, -0.05) is 12.1 Å². The molecule has 0 atom stereocenters. The second-order valence-electron chi connectivity index (χ2n) is 3.37. The van der Waals surface area contributed by atoms with E-state index in [4.69, 9.17) is 10.8 Å². The summed E-state index contributed by atoms with van der Waals surface area (Å²) >= 11 is 1.35. The van der Waals surface area contributed by atoms with Crippen LogP contribution in [0.2, 0.25) is 0 Å². The second-order valence-corrected chi connectivity index (χ2v) is 4.23. The first-order valence-electron chi connectivity index (χ1n) is 4.98. The molecule has 1 heterocycles. The lowest BCUT2D eigenvalue weighted by atomic mass is 10.1. The third kappa shape index (κ3) is 3.05. The van der Waals surface area contributed by atoms with E-state index >= 15 is 0 Å². The van der Waals surface area contributed by atoms with Gasteiger partial charge >= 0.3 is 5.97 Å². The lowest BCUT2D eigenvalue weighted by Crippen LogP contribution is -1.96. The van der Waals surface area contributed by atoms with Crippen LogP contribution in [0.5, 0.6) is 0 Å². The second kappa shape index (κ2) is 5.28. The minimum absolute atomic E-state index is 0.243. The zero-order chi connectivity index (χ0) is 13.0. The average Bonchev–Trinajstić information content (AvgIpc) is 2.76. The number of aromatic nitrogens is 1. The van der Waals surface area contributed by atoms with Crippen molar-refractivity contribution >= 4 is 34.5 Å². The first-order valence-corrected chi connectivity index (χ1v) is 5.86. The smallest absolute Gasteiger partial charge is 0.335 e. The Balaban J connectivity index is 1.98. The number of nitrogens with two attached hydrogens (primary N) is 1. The van der Waals surface area contributed by atoms with Gasteiger partial charge in [-0.05, 0) is 17.7 Å². The van der Waals surface area contributed by atoms with Crippen molar-refractivity contribution < 1.29 is 9.90 Å². The molecule has 0 aliphatic carbocycles. The Morgan fingerprint density at radius 1 is 1.44 bits per heavy atom. The lowest BCUT2D eigenvalue weighted by Gasteiger charge is -1.96. The fourth-order valence-corrected chi connectivity index (χ4v) is 1.76. The van der Waals surface area contributed by atoms with Crippen molar-refractivity contribution in [2.24, 2.45) is 5.10 Å². The van der Waals surface area contributed by atoms with Gasteiger partial charge in [-0.15, -0.1) is 11.3 Å². The number of benzene rings is 1. The molecule has 2 rings (SSSR count). The van der Waals surface area contributed by atoms with Crippen LogP contribution in [0.4, 0.5) is 10.9 Å². The first kappa shape index (κ1) is 12.1. The Hall–Kier alpha value is -2.41. The summed E-state index contributed by atoms with van der Waals surface area (Å²) in [4.78, 5) is 14.6. The van der Waals surface area contributed by atoms with E-state index in [1.54, 1.807) is 23.7 Å². The standard InChI is InChI=1S/C11H10N4O2S/c12-9-6-18-11(14-9)15-13-5-7-1-3-8(4-2-7)10(16)17/h1-6H,12H2,(H,14,15)(H,16,17). The fraction of sp³-hybridized carbons (Fsp3) is 0. The van der Waals surface area contributed by atoms with Crippen molar-refractivity contribution in [1.29, 1.82) is 0 Å². The molecule has 1 aromatic heterocycles. The molecule has 0 radical (unpaired) electrons. The maximum absolute atomic E-state index is 10.6. The van der Waals surface area contributed by atoms with Crippen LogP contribution in [-0.4, -0.2) is 22.3 Å². The van der Waals surface area contributed by atoms with Gasteiger partial charge in [0, 0.05) is 5.38 Å². The Bertz CT molecular complexity index is 577. The highest BCUT2D eigenvalue weighted by atomic mass is 32.1. The number of carbonyl (C=O) groups is 1. The Morgan fingerprint density at radius 3 is 2.72 bits per heavy atom. The molecule has 0 spiro atoms. The van der Waals surface area contributed by atoms with E-state index in [-0.39, 0.29) is 5.56 Å². The van der Waals surface area contributed by atoms with Gasteiger partial charge < -0.3 is 10.8 Å². The number of anilines is 2. The number of carboxylic acid groups (broad SMARTS) is 1. The molecule has 0 amide bonds. The van der Waals surface area contributed by atoms with Crippen molar-refractivity contribution in [2.75, 3.05) is 11.2 Å². The zero-order valence-electron chi connectivity index (χ0n) is 9.20. The minimum atomic E-state index is -0.949. The SMILES string of the molecule is Nc1csc(NN=Cc2ccc(C(=O)O)cc2)n1. The number of nitrogens with zero attached hydrogens (tertiary/aromatic N) is 2. The molecule has 1 aromatic carbocycles. The van der Waals surface area contributed by atoms with Gasteiger partial charge in [0.25, 0.3) is 0 Å². The predicted octanol–water partition coefficient (Wildman–Crippen LogP) is 1.87. The van der Waals surface area contributed by atoms with Gasteiger partial charge in [-0.25, -0.2) is 9.78 Å². The molecule has 92 valence electrons. The molecule has 0 saturated heterocycles. The lowest BCUT2D eigenvalue weighted by molar-refractivity contribution is 0.0697. The molecule has 2 aromatic rings. The molecule has 0 saturated carbocycles. The summed E-state index contributed by atoms with van der Waals surface area (Å²) in [7, 11) is 0. The molecule has 7 heteroatoms. The largest absolute Gasteiger partial charge is 0.478 e. The summed E-state index contributed by atoms with van der Waals surface area (Å²) in [6.07, 6.45) is 1.57. The molecule has 0 bridgehead atoms. The highest BCUT2D eigenvalue weighted by Crippen LogP contribution is 2.16. The maximum atomic E-state index is 10.6. The molecule has 0 unspecified atom stereocenters. The topological polar surface area (TPSA) is 101 Å². The number of nitrogen functional groups attached to an aromatic ring is 1. The van der Waals surface area contributed by atoms with Crippen molar-refractivity contribution in [3.63, 3.8) is 0 Å². The van der Waals surface area contributed by atoms with Gasteiger partial charge in [0.1, 0.15) is 5.82 Å². The van der Waals surface area contributed by atoms with Gasteiger partial charge in [0.15, 0.2) is 0 Å². The molecule has 6 nitrogen and oxygen atoms in total. The number of aromatic carboxylic acids is 1. The van der Waals surface area contributed by atoms with Crippen molar-refractivity contribution in [2.45, 2.75) is 0 Å². The van der Waals surface area contributed by atoms with Crippen LogP contribution in [0.25, 0.3) is 0 Å². The average molecular weight is 262 g/mol. The van der Waals surface area contributed by atoms with Crippen LogP contribution in [0.1, 0.15) is 15.9 Å². The van der Waals surface area contributed by atoms with Crippen LogP contribution in [-0.2, 0) is 0 Å². The van der Waals surface area contributed by atoms with E-state index in [1.807, 2.05) is 0 Å². The van der Waals surface area contributed by atoms with E-state index in [9.17, 15) is 4.79 Å². The monoisotopic (exact) mass is 262 g/mol. The number of thiazole rings is 1.